The molecule has 2 aromatic carbocycles. The first-order chi connectivity index (χ1) is 13.2. The predicted octanol–water partition coefficient (Wildman–Crippen LogP) is 4.69. The van der Waals surface area contributed by atoms with Crippen LogP contribution in [0.15, 0.2) is 72.9 Å². The molecule has 0 unspecified atom stereocenters. The topological polar surface area (TPSA) is 45.2 Å². The van der Waals surface area contributed by atoms with Crippen molar-refractivity contribution in [3.05, 3.63) is 94.6 Å². The quantitative estimate of drug-likeness (QED) is 0.647. The number of halogens is 1. The molecular formula is C22H22ClN3O. The molecule has 27 heavy (non-hydrogen) atoms. The zero-order valence-electron chi connectivity index (χ0n) is 15.2. The van der Waals surface area contributed by atoms with E-state index in [9.17, 15) is 4.79 Å². The van der Waals surface area contributed by atoms with Crippen molar-refractivity contribution in [1.29, 1.82) is 0 Å². The highest BCUT2D eigenvalue weighted by atomic mass is 35.5. The fourth-order valence-corrected chi connectivity index (χ4v) is 3.01. The Morgan fingerprint density at radius 1 is 1.07 bits per heavy atom. The van der Waals surface area contributed by atoms with Gasteiger partial charge in [0.2, 0.25) is 0 Å². The maximum atomic E-state index is 12.6. The fourth-order valence-electron chi connectivity index (χ4n) is 2.81. The fraction of sp³-hybridized carbons (Fsp3) is 0.182. The molecule has 0 atom stereocenters. The van der Waals surface area contributed by atoms with E-state index < -0.39 is 0 Å². The largest absolute Gasteiger partial charge is 0.353 e. The van der Waals surface area contributed by atoms with Crippen LogP contribution in [0.4, 0.5) is 5.82 Å². The monoisotopic (exact) mass is 379 g/mol. The van der Waals surface area contributed by atoms with Gasteiger partial charge in [-0.05, 0) is 36.2 Å². The van der Waals surface area contributed by atoms with Gasteiger partial charge in [0.05, 0.1) is 0 Å². The molecule has 1 amide bonds. The summed E-state index contributed by atoms with van der Waals surface area (Å²) in [5, 5.41) is 3.57. The maximum Gasteiger partial charge on any atom is 0.251 e. The molecule has 138 valence electrons. The summed E-state index contributed by atoms with van der Waals surface area (Å²) in [5.41, 5.74) is 2.68. The number of aromatic nitrogens is 1. The number of amides is 1. The number of benzene rings is 2. The van der Waals surface area contributed by atoms with Gasteiger partial charge >= 0.3 is 0 Å². The first-order valence-electron chi connectivity index (χ1n) is 8.94. The van der Waals surface area contributed by atoms with Crippen LogP contribution in [0.2, 0.25) is 5.02 Å². The highest BCUT2D eigenvalue weighted by molar-refractivity contribution is 6.31. The maximum absolute atomic E-state index is 12.6. The Hall–Kier alpha value is -2.85. The summed E-state index contributed by atoms with van der Waals surface area (Å²) in [4.78, 5) is 19.1. The molecule has 0 saturated carbocycles. The summed E-state index contributed by atoms with van der Waals surface area (Å²) in [6, 6.07) is 21.3. The van der Waals surface area contributed by atoms with Gasteiger partial charge in [0.25, 0.3) is 5.91 Å². The average molecular weight is 380 g/mol. The molecule has 0 saturated heterocycles. The lowest BCUT2D eigenvalue weighted by Gasteiger charge is -2.22. The Morgan fingerprint density at radius 2 is 1.81 bits per heavy atom. The molecule has 0 aliphatic heterocycles. The third-order valence-corrected chi connectivity index (χ3v) is 4.70. The van der Waals surface area contributed by atoms with Crippen molar-refractivity contribution < 1.29 is 4.79 Å². The van der Waals surface area contributed by atoms with Crippen LogP contribution >= 0.6 is 11.6 Å². The Bertz CT molecular complexity index is 899. The minimum atomic E-state index is -0.144. The van der Waals surface area contributed by atoms with Crippen LogP contribution in [-0.4, -0.2) is 17.4 Å². The minimum absolute atomic E-state index is 0.144. The van der Waals surface area contributed by atoms with Crippen LogP contribution < -0.4 is 10.2 Å². The highest BCUT2D eigenvalue weighted by Gasteiger charge is 2.12. The van der Waals surface area contributed by atoms with Gasteiger partial charge in [-0.25, -0.2) is 4.98 Å². The lowest BCUT2D eigenvalue weighted by atomic mass is 10.2. The molecule has 0 fully saturated rings. The van der Waals surface area contributed by atoms with Crippen molar-refractivity contribution in [3.63, 3.8) is 0 Å². The summed E-state index contributed by atoms with van der Waals surface area (Å²) >= 11 is 6.15. The van der Waals surface area contributed by atoms with Crippen LogP contribution in [0.3, 0.4) is 0 Å². The minimum Gasteiger partial charge on any atom is -0.353 e. The number of carbonyl (C=O) groups is 1. The van der Waals surface area contributed by atoms with Crippen molar-refractivity contribution >= 4 is 23.3 Å². The van der Waals surface area contributed by atoms with E-state index in [2.05, 4.69) is 34.3 Å². The number of nitrogens with zero attached hydrogens (tertiary/aromatic N) is 2. The van der Waals surface area contributed by atoms with E-state index in [1.807, 2.05) is 48.5 Å². The van der Waals surface area contributed by atoms with Crippen molar-refractivity contribution in [3.8, 4) is 0 Å². The van der Waals surface area contributed by atoms with E-state index >= 15 is 0 Å². The van der Waals surface area contributed by atoms with Gasteiger partial charge < -0.3 is 10.2 Å². The van der Waals surface area contributed by atoms with Gasteiger partial charge in [-0.2, -0.15) is 0 Å². The van der Waals surface area contributed by atoms with E-state index in [-0.39, 0.29) is 5.91 Å². The van der Waals surface area contributed by atoms with Gasteiger partial charge in [0.15, 0.2) is 0 Å². The first-order valence-corrected chi connectivity index (χ1v) is 9.31. The molecule has 0 bridgehead atoms. The molecule has 0 aliphatic rings. The Morgan fingerprint density at radius 3 is 2.56 bits per heavy atom. The molecule has 3 aromatic rings. The number of anilines is 1. The molecule has 1 aromatic heterocycles. The van der Waals surface area contributed by atoms with Gasteiger partial charge in [0.1, 0.15) is 5.82 Å². The second-order valence-electron chi connectivity index (χ2n) is 6.18. The van der Waals surface area contributed by atoms with Crippen molar-refractivity contribution in [1.82, 2.24) is 10.3 Å². The van der Waals surface area contributed by atoms with Crippen LogP contribution in [0.1, 0.15) is 28.4 Å². The van der Waals surface area contributed by atoms with Crippen LogP contribution in [0, 0.1) is 0 Å². The second kappa shape index (κ2) is 9.19. The lowest BCUT2D eigenvalue weighted by Crippen LogP contribution is -2.25. The Balaban J connectivity index is 1.70. The highest BCUT2D eigenvalue weighted by Crippen LogP contribution is 2.17. The van der Waals surface area contributed by atoms with Gasteiger partial charge in [-0.15, -0.1) is 0 Å². The molecule has 4 nitrogen and oxygen atoms in total. The van der Waals surface area contributed by atoms with E-state index in [4.69, 9.17) is 11.6 Å². The molecular weight excluding hydrogens is 358 g/mol. The number of carbonyl (C=O) groups excluding carboxylic acids is 1. The summed E-state index contributed by atoms with van der Waals surface area (Å²) in [6.07, 6.45) is 1.67. The predicted molar refractivity (Wildman–Crippen MR) is 110 cm³/mol. The zero-order chi connectivity index (χ0) is 19.1. The summed E-state index contributed by atoms with van der Waals surface area (Å²) < 4.78 is 0. The lowest BCUT2D eigenvalue weighted by molar-refractivity contribution is 0.0951. The normalized spacial score (nSPS) is 10.4. The van der Waals surface area contributed by atoms with Gasteiger partial charge in [-0.3, -0.25) is 4.79 Å². The van der Waals surface area contributed by atoms with Gasteiger partial charge in [0, 0.05) is 36.4 Å². The number of hydrogen-bond donors (Lipinski definition) is 1. The van der Waals surface area contributed by atoms with E-state index in [1.54, 1.807) is 12.3 Å². The molecule has 0 radical (unpaired) electrons. The van der Waals surface area contributed by atoms with Crippen LogP contribution in [0.25, 0.3) is 0 Å². The molecule has 5 heteroatoms. The van der Waals surface area contributed by atoms with Crippen LogP contribution in [-0.2, 0) is 13.1 Å². The Kier molecular flexibility index (Phi) is 6.44. The third kappa shape index (κ3) is 5.08. The Labute approximate surface area is 164 Å². The summed E-state index contributed by atoms with van der Waals surface area (Å²) in [6.45, 7) is 4.01. The van der Waals surface area contributed by atoms with Crippen molar-refractivity contribution in [2.45, 2.75) is 20.0 Å². The number of nitrogens with one attached hydrogen (secondary N) is 1. The second-order valence-corrected chi connectivity index (χ2v) is 6.58. The summed E-state index contributed by atoms with van der Waals surface area (Å²) in [5.74, 6) is 0.640. The third-order valence-electron chi connectivity index (χ3n) is 4.33. The van der Waals surface area contributed by atoms with E-state index in [0.717, 1.165) is 24.5 Å². The number of rotatable bonds is 7. The zero-order valence-corrected chi connectivity index (χ0v) is 16.0. The first kappa shape index (κ1) is 18.9. The molecule has 1 heterocycles. The summed E-state index contributed by atoms with van der Waals surface area (Å²) in [7, 11) is 0. The molecule has 1 N–H and O–H groups in total. The van der Waals surface area contributed by atoms with Gasteiger partial charge in [-0.1, -0.05) is 60.1 Å². The molecule has 3 rings (SSSR count). The standard InChI is InChI=1S/C22H22ClN3O/c1-2-26(16-17-8-4-3-5-9-17)21-14-18(12-13-24-21)22(27)25-15-19-10-6-7-11-20(19)23/h3-14H,2,15-16H2,1H3,(H,25,27). The molecule has 0 spiro atoms. The SMILES string of the molecule is CCN(Cc1ccccc1)c1cc(C(=O)NCc2ccccc2Cl)ccn1. The van der Waals surface area contributed by atoms with Crippen molar-refractivity contribution in [2.75, 3.05) is 11.4 Å². The van der Waals surface area contributed by atoms with Crippen molar-refractivity contribution in [2.24, 2.45) is 0 Å². The van der Waals surface area contributed by atoms with E-state index in [0.29, 0.717) is 17.1 Å². The smallest absolute Gasteiger partial charge is 0.251 e. The molecule has 0 aliphatic carbocycles. The average Bonchev–Trinajstić information content (AvgIpc) is 2.72. The number of pyridine rings is 1. The number of hydrogen-bond acceptors (Lipinski definition) is 3. The van der Waals surface area contributed by atoms with E-state index in [1.165, 1.54) is 5.56 Å². The van der Waals surface area contributed by atoms with Crippen LogP contribution in [0.5, 0.6) is 0 Å².